The Morgan fingerprint density at radius 2 is 2.00 bits per heavy atom. The maximum atomic E-state index is 13.0. The summed E-state index contributed by atoms with van der Waals surface area (Å²) < 4.78 is 25.6. The molecule has 0 aromatic heterocycles. The van der Waals surface area contributed by atoms with Crippen molar-refractivity contribution >= 4 is 17.3 Å². The molecule has 1 rings (SSSR count). The van der Waals surface area contributed by atoms with Gasteiger partial charge in [-0.3, -0.25) is 0 Å². The van der Waals surface area contributed by atoms with Crippen molar-refractivity contribution in [2.45, 2.75) is 12.3 Å². The molecule has 0 spiro atoms. The average molecular weight is 192 g/mol. The van der Waals surface area contributed by atoms with Gasteiger partial charge in [-0.05, 0) is 19.1 Å². The van der Waals surface area contributed by atoms with E-state index in [2.05, 4.69) is 0 Å². The number of rotatable bonds is 1. The maximum Gasteiger partial charge on any atom is 0.165 e. The number of nitrogen functional groups attached to an aromatic ring is 1. The second kappa shape index (κ2) is 3.27. The average Bonchev–Trinajstić information content (AvgIpc) is 1.97. The lowest BCUT2D eigenvalue weighted by molar-refractivity contribution is 0.500. The molecule has 1 atom stereocenters. The molecule has 66 valence electrons. The summed E-state index contributed by atoms with van der Waals surface area (Å²) in [6.45, 7) is 1.54. The zero-order chi connectivity index (χ0) is 9.30. The molecule has 1 unspecified atom stereocenters. The molecule has 0 bridgehead atoms. The first kappa shape index (κ1) is 9.26. The van der Waals surface area contributed by atoms with E-state index in [0.717, 1.165) is 6.07 Å². The van der Waals surface area contributed by atoms with Gasteiger partial charge in [0.2, 0.25) is 0 Å². The smallest absolute Gasteiger partial charge is 0.165 e. The lowest BCUT2D eigenvalue weighted by Crippen LogP contribution is -2.01. The van der Waals surface area contributed by atoms with Gasteiger partial charge in [-0.25, -0.2) is 8.78 Å². The third kappa shape index (κ3) is 1.50. The zero-order valence-electron chi connectivity index (χ0n) is 6.44. The van der Waals surface area contributed by atoms with Crippen LogP contribution in [0.25, 0.3) is 0 Å². The lowest BCUT2D eigenvalue weighted by atomic mass is 10.1. The lowest BCUT2D eigenvalue weighted by Gasteiger charge is -2.08. The SMILES string of the molecule is CC(Cl)c1c(N)ccc(F)c1F. The molecule has 0 saturated carbocycles. The number of hydrogen-bond acceptors (Lipinski definition) is 1. The van der Waals surface area contributed by atoms with Crippen molar-refractivity contribution in [3.63, 3.8) is 0 Å². The molecule has 12 heavy (non-hydrogen) atoms. The minimum absolute atomic E-state index is 0.0247. The van der Waals surface area contributed by atoms with Crippen LogP contribution in [0.3, 0.4) is 0 Å². The molecule has 1 nitrogen and oxygen atoms in total. The molecule has 2 N–H and O–H groups in total. The molecule has 0 saturated heterocycles. The van der Waals surface area contributed by atoms with Crippen LogP contribution < -0.4 is 5.73 Å². The van der Waals surface area contributed by atoms with Gasteiger partial charge in [0.05, 0.1) is 5.38 Å². The Bertz CT molecular complexity index is 299. The van der Waals surface area contributed by atoms with E-state index in [9.17, 15) is 8.78 Å². The highest BCUT2D eigenvalue weighted by Gasteiger charge is 2.15. The molecular formula is C8H8ClF2N. The van der Waals surface area contributed by atoms with Gasteiger partial charge >= 0.3 is 0 Å². The third-order valence-corrected chi connectivity index (χ3v) is 1.78. The molecule has 0 fully saturated rings. The minimum Gasteiger partial charge on any atom is -0.398 e. The molecule has 4 heteroatoms. The first-order valence-corrected chi connectivity index (χ1v) is 3.85. The third-order valence-electron chi connectivity index (χ3n) is 1.56. The fourth-order valence-electron chi connectivity index (χ4n) is 0.986. The maximum absolute atomic E-state index is 13.0. The van der Waals surface area contributed by atoms with Crippen molar-refractivity contribution in [3.05, 3.63) is 29.3 Å². The van der Waals surface area contributed by atoms with E-state index in [1.165, 1.54) is 13.0 Å². The molecule has 0 aliphatic carbocycles. The fourth-order valence-corrected chi connectivity index (χ4v) is 1.21. The largest absolute Gasteiger partial charge is 0.398 e. The highest BCUT2D eigenvalue weighted by molar-refractivity contribution is 6.20. The Labute approximate surface area is 74.1 Å². The van der Waals surface area contributed by atoms with Crippen molar-refractivity contribution in [3.8, 4) is 0 Å². The van der Waals surface area contributed by atoms with E-state index >= 15 is 0 Å². The van der Waals surface area contributed by atoms with Crippen LogP contribution in [0.15, 0.2) is 12.1 Å². The summed E-state index contributed by atoms with van der Waals surface area (Å²) in [5.74, 6) is -1.88. The quantitative estimate of drug-likeness (QED) is 0.536. The van der Waals surface area contributed by atoms with Crippen molar-refractivity contribution in [2.75, 3.05) is 5.73 Å². The van der Waals surface area contributed by atoms with Gasteiger partial charge in [0.1, 0.15) is 0 Å². The van der Waals surface area contributed by atoms with Crippen LogP contribution in [0.5, 0.6) is 0 Å². The topological polar surface area (TPSA) is 26.0 Å². The molecule has 0 heterocycles. The Hall–Kier alpha value is -0.830. The zero-order valence-corrected chi connectivity index (χ0v) is 7.20. The van der Waals surface area contributed by atoms with Crippen molar-refractivity contribution in [1.82, 2.24) is 0 Å². The summed E-state index contributed by atoms with van der Waals surface area (Å²) >= 11 is 5.60. The Kier molecular flexibility index (Phi) is 2.52. The van der Waals surface area contributed by atoms with Gasteiger partial charge in [-0.2, -0.15) is 0 Å². The summed E-state index contributed by atoms with van der Waals surface area (Å²) in [6.07, 6.45) is 0. The molecule has 0 aliphatic rings. The summed E-state index contributed by atoms with van der Waals surface area (Å²) in [6, 6.07) is 2.28. The normalized spacial score (nSPS) is 13.0. The van der Waals surface area contributed by atoms with Crippen LogP contribution in [0.1, 0.15) is 17.9 Å². The Balaban J connectivity index is 3.33. The molecule has 1 aromatic carbocycles. The summed E-state index contributed by atoms with van der Waals surface area (Å²) in [5.41, 5.74) is 5.60. The first-order chi connectivity index (χ1) is 5.54. The van der Waals surface area contributed by atoms with Crippen LogP contribution in [0, 0.1) is 11.6 Å². The number of hydrogen-bond donors (Lipinski definition) is 1. The first-order valence-electron chi connectivity index (χ1n) is 3.41. The predicted molar refractivity (Wildman–Crippen MR) is 45.0 cm³/mol. The minimum atomic E-state index is -0.961. The number of halogens is 3. The van der Waals surface area contributed by atoms with Gasteiger partial charge in [0.15, 0.2) is 11.6 Å². The number of benzene rings is 1. The second-order valence-corrected chi connectivity index (χ2v) is 3.13. The second-order valence-electron chi connectivity index (χ2n) is 2.48. The molecule has 0 amide bonds. The van der Waals surface area contributed by atoms with Crippen molar-refractivity contribution in [1.29, 1.82) is 0 Å². The van der Waals surface area contributed by atoms with Gasteiger partial charge in [0, 0.05) is 11.3 Å². The van der Waals surface area contributed by atoms with E-state index in [0.29, 0.717) is 0 Å². The highest BCUT2D eigenvalue weighted by Crippen LogP contribution is 2.29. The van der Waals surface area contributed by atoms with Crippen molar-refractivity contribution < 1.29 is 8.78 Å². The predicted octanol–water partition coefficient (Wildman–Crippen LogP) is 2.85. The van der Waals surface area contributed by atoms with Gasteiger partial charge in [0.25, 0.3) is 0 Å². The van der Waals surface area contributed by atoms with E-state index in [1.54, 1.807) is 0 Å². The number of nitrogens with two attached hydrogens (primary N) is 1. The highest BCUT2D eigenvalue weighted by atomic mass is 35.5. The monoisotopic (exact) mass is 191 g/mol. The summed E-state index contributed by atoms with van der Waals surface area (Å²) in [5, 5.41) is -0.624. The molecule has 1 aromatic rings. The Morgan fingerprint density at radius 1 is 1.42 bits per heavy atom. The van der Waals surface area contributed by atoms with E-state index in [-0.39, 0.29) is 11.3 Å². The number of alkyl halides is 1. The van der Waals surface area contributed by atoms with Crippen LogP contribution >= 0.6 is 11.6 Å². The van der Waals surface area contributed by atoms with Crippen LogP contribution in [0.2, 0.25) is 0 Å². The van der Waals surface area contributed by atoms with E-state index in [4.69, 9.17) is 17.3 Å². The van der Waals surface area contributed by atoms with Gasteiger partial charge in [-0.1, -0.05) is 0 Å². The van der Waals surface area contributed by atoms with Crippen molar-refractivity contribution in [2.24, 2.45) is 0 Å². The fraction of sp³-hybridized carbons (Fsp3) is 0.250. The summed E-state index contributed by atoms with van der Waals surface area (Å²) in [7, 11) is 0. The standard InChI is InChI=1S/C8H8ClF2N/c1-4(9)7-6(12)3-2-5(10)8(7)11/h2-4H,12H2,1H3. The van der Waals surface area contributed by atoms with Gasteiger partial charge in [-0.15, -0.1) is 11.6 Å². The molecular weight excluding hydrogens is 184 g/mol. The van der Waals surface area contributed by atoms with E-state index < -0.39 is 17.0 Å². The Morgan fingerprint density at radius 3 is 2.42 bits per heavy atom. The molecule has 0 radical (unpaired) electrons. The summed E-state index contributed by atoms with van der Waals surface area (Å²) in [4.78, 5) is 0. The van der Waals surface area contributed by atoms with Crippen LogP contribution in [-0.2, 0) is 0 Å². The molecule has 0 aliphatic heterocycles. The van der Waals surface area contributed by atoms with Crippen LogP contribution in [0.4, 0.5) is 14.5 Å². The number of anilines is 1. The van der Waals surface area contributed by atoms with Crippen LogP contribution in [-0.4, -0.2) is 0 Å². The van der Waals surface area contributed by atoms with E-state index in [1.807, 2.05) is 0 Å². The van der Waals surface area contributed by atoms with Gasteiger partial charge < -0.3 is 5.73 Å².